The van der Waals surface area contributed by atoms with Gasteiger partial charge in [0.1, 0.15) is 0 Å². The molecule has 0 radical (unpaired) electrons. The minimum Gasteiger partial charge on any atom is -0.350 e. The van der Waals surface area contributed by atoms with Gasteiger partial charge in [0.2, 0.25) is 5.91 Å². The van der Waals surface area contributed by atoms with Crippen LogP contribution >= 0.6 is 11.6 Å². The van der Waals surface area contributed by atoms with Crippen molar-refractivity contribution in [1.29, 1.82) is 0 Å². The standard InChI is InChI=1S/C25H25ClN2O4S/c1-17(18-12-14-20(15-13-18)33(2,31)32)27-24(29)16-23(19-8-4-3-5-9-19)28-25(30)21-10-6-7-11-22(21)26/h3-15,17,23H,16H2,1-2H3,(H,27,29)(H,28,30)/t17-,23-/m1/s1. The third-order valence-corrected chi connectivity index (χ3v) is 6.66. The van der Waals surface area contributed by atoms with Gasteiger partial charge in [0.25, 0.3) is 5.91 Å². The molecule has 0 aliphatic rings. The molecule has 0 aromatic heterocycles. The highest BCUT2D eigenvalue weighted by Crippen LogP contribution is 2.22. The molecule has 0 bridgehead atoms. The molecule has 2 atom stereocenters. The average Bonchev–Trinajstić information content (AvgIpc) is 2.79. The molecule has 6 nitrogen and oxygen atoms in total. The summed E-state index contributed by atoms with van der Waals surface area (Å²) in [5.41, 5.74) is 1.89. The Morgan fingerprint density at radius 2 is 1.45 bits per heavy atom. The second kappa shape index (κ2) is 10.6. The van der Waals surface area contributed by atoms with Crippen molar-refractivity contribution in [2.45, 2.75) is 30.3 Å². The third kappa shape index (κ3) is 6.66. The van der Waals surface area contributed by atoms with Crippen LogP contribution < -0.4 is 10.6 Å². The first kappa shape index (κ1) is 24.5. The van der Waals surface area contributed by atoms with E-state index >= 15 is 0 Å². The highest BCUT2D eigenvalue weighted by molar-refractivity contribution is 7.90. The van der Waals surface area contributed by atoms with Gasteiger partial charge in [0.15, 0.2) is 9.84 Å². The normalized spacial score (nSPS) is 13.1. The topological polar surface area (TPSA) is 92.3 Å². The molecular weight excluding hydrogens is 460 g/mol. The van der Waals surface area contributed by atoms with Crippen molar-refractivity contribution in [2.75, 3.05) is 6.26 Å². The lowest BCUT2D eigenvalue weighted by Gasteiger charge is -2.21. The highest BCUT2D eigenvalue weighted by Gasteiger charge is 2.21. The minimum atomic E-state index is -3.29. The first-order valence-electron chi connectivity index (χ1n) is 10.3. The van der Waals surface area contributed by atoms with E-state index in [-0.39, 0.29) is 29.2 Å². The summed E-state index contributed by atoms with van der Waals surface area (Å²) in [5, 5.41) is 6.15. The highest BCUT2D eigenvalue weighted by atomic mass is 35.5. The van der Waals surface area contributed by atoms with Crippen LogP contribution in [-0.2, 0) is 14.6 Å². The monoisotopic (exact) mass is 484 g/mol. The van der Waals surface area contributed by atoms with Crippen LogP contribution in [0.5, 0.6) is 0 Å². The lowest BCUT2D eigenvalue weighted by Crippen LogP contribution is -2.34. The molecule has 0 spiro atoms. The second-order valence-corrected chi connectivity index (χ2v) is 10.2. The number of amides is 2. The molecule has 0 unspecified atom stereocenters. The number of nitrogens with one attached hydrogen (secondary N) is 2. The molecule has 3 rings (SSSR count). The van der Waals surface area contributed by atoms with Gasteiger partial charge >= 0.3 is 0 Å². The number of hydrogen-bond acceptors (Lipinski definition) is 4. The number of carbonyl (C=O) groups is 2. The molecule has 3 aromatic carbocycles. The molecular formula is C25H25ClN2O4S. The zero-order chi connectivity index (χ0) is 24.0. The molecule has 0 fully saturated rings. The van der Waals surface area contributed by atoms with Crippen LogP contribution in [0.3, 0.4) is 0 Å². The SMILES string of the molecule is C[C@@H](NC(=O)C[C@@H](NC(=O)c1ccccc1Cl)c1ccccc1)c1ccc(S(C)(=O)=O)cc1. The molecule has 0 heterocycles. The number of hydrogen-bond donors (Lipinski definition) is 2. The van der Waals surface area contributed by atoms with Crippen LogP contribution in [0.1, 0.15) is 46.9 Å². The van der Waals surface area contributed by atoms with Crippen LogP contribution in [-0.4, -0.2) is 26.5 Å². The summed E-state index contributed by atoms with van der Waals surface area (Å²) in [6.07, 6.45) is 1.17. The smallest absolute Gasteiger partial charge is 0.253 e. The van der Waals surface area contributed by atoms with Crippen molar-refractivity contribution >= 4 is 33.3 Å². The zero-order valence-corrected chi connectivity index (χ0v) is 19.9. The van der Waals surface area contributed by atoms with E-state index in [0.29, 0.717) is 10.6 Å². The van der Waals surface area contributed by atoms with Gasteiger partial charge < -0.3 is 10.6 Å². The Kier molecular flexibility index (Phi) is 7.89. The van der Waals surface area contributed by atoms with E-state index in [4.69, 9.17) is 11.6 Å². The number of rotatable bonds is 8. The maximum absolute atomic E-state index is 12.8. The first-order valence-corrected chi connectivity index (χ1v) is 12.6. The van der Waals surface area contributed by atoms with Crippen molar-refractivity contribution in [3.05, 3.63) is 101 Å². The summed E-state index contributed by atoms with van der Waals surface area (Å²) in [6.45, 7) is 1.81. The van der Waals surface area contributed by atoms with E-state index in [1.54, 1.807) is 36.4 Å². The number of benzene rings is 3. The van der Waals surface area contributed by atoms with Gasteiger partial charge in [-0.2, -0.15) is 0 Å². The Morgan fingerprint density at radius 3 is 2.06 bits per heavy atom. The maximum atomic E-state index is 12.8. The lowest BCUT2D eigenvalue weighted by atomic mass is 10.0. The molecule has 0 saturated heterocycles. The van der Waals surface area contributed by atoms with Crippen LogP contribution in [0, 0.1) is 0 Å². The second-order valence-electron chi connectivity index (χ2n) is 7.75. The lowest BCUT2D eigenvalue weighted by molar-refractivity contribution is -0.122. The molecule has 2 amide bonds. The maximum Gasteiger partial charge on any atom is 0.253 e. The van der Waals surface area contributed by atoms with Gasteiger partial charge in [-0.3, -0.25) is 9.59 Å². The zero-order valence-electron chi connectivity index (χ0n) is 18.3. The van der Waals surface area contributed by atoms with Crippen LogP contribution in [0.25, 0.3) is 0 Å². The fourth-order valence-electron chi connectivity index (χ4n) is 3.39. The fraction of sp³-hybridized carbons (Fsp3) is 0.200. The van der Waals surface area contributed by atoms with Crippen molar-refractivity contribution in [2.24, 2.45) is 0 Å². The average molecular weight is 485 g/mol. The van der Waals surface area contributed by atoms with Gasteiger partial charge in [0, 0.05) is 6.26 Å². The van der Waals surface area contributed by atoms with Gasteiger partial charge in [0.05, 0.1) is 34.0 Å². The van der Waals surface area contributed by atoms with E-state index in [1.165, 1.54) is 12.1 Å². The largest absolute Gasteiger partial charge is 0.350 e. The van der Waals surface area contributed by atoms with Crippen LogP contribution in [0.4, 0.5) is 0 Å². The Labute approximate surface area is 198 Å². The van der Waals surface area contributed by atoms with Crippen LogP contribution in [0.15, 0.2) is 83.8 Å². The van der Waals surface area contributed by atoms with E-state index < -0.39 is 15.9 Å². The molecule has 3 aromatic rings. The Morgan fingerprint density at radius 1 is 0.848 bits per heavy atom. The summed E-state index contributed by atoms with van der Waals surface area (Å²) in [6, 6.07) is 21.4. The molecule has 0 aliphatic carbocycles. The summed E-state index contributed by atoms with van der Waals surface area (Å²) in [5.74, 6) is -0.630. The van der Waals surface area contributed by atoms with E-state index in [1.807, 2.05) is 37.3 Å². The minimum absolute atomic E-state index is 0.0198. The summed E-state index contributed by atoms with van der Waals surface area (Å²) >= 11 is 6.15. The summed E-state index contributed by atoms with van der Waals surface area (Å²) in [7, 11) is -3.29. The molecule has 33 heavy (non-hydrogen) atoms. The number of carbonyl (C=O) groups excluding carboxylic acids is 2. The summed E-state index contributed by atoms with van der Waals surface area (Å²) < 4.78 is 23.3. The molecule has 2 N–H and O–H groups in total. The predicted octanol–water partition coefficient (Wildman–Crippen LogP) is 4.48. The Bertz CT molecular complexity index is 1230. The third-order valence-electron chi connectivity index (χ3n) is 5.20. The molecule has 8 heteroatoms. The van der Waals surface area contributed by atoms with Crippen molar-refractivity contribution in [3.63, 3.8) is 0 Å². The molecule has 172 valence electrons. The van der Waals surface area contributed by atoms with Gasteiger partial charge in [-0.15, -0.1) is 0 Å². The number of halogens is 1. The van der Waals surface area contributed by atoms with Gasteiger partial charge in [-0.25, -0.2) is 8.42 Å². The summed E-state index contributed by atoms with van der Waals surface area (Å²) in [4.78, 5) is 25.9. The van der Waals surface area contributed by atoms with E-state index in [0.717, 1.165) is 17.4 Å². The van der Waals surface area contributed by atoms with E-state index in [9.17, 15) is 18.0 Å². The van der Waals surface area contributed by atoms with Crippen molar-refractivity contribution in [1.82, 2.24) is 10.6 Å². The van der Waals surface area contributed by atoms with Crippen molar-refractivity contribution in [3.8, 4) is 0 Å². The predicted molar refractivity (Wildman–Crippen MR) is 129 cm³/mol. The van der Waals surface area contributed by atoms with Gasteiger partial charge in [-0.1, -0.05) is 66.2 Å². The Balaban J connectivity index is 1.72. The molecule has 0 aliphatic heterocycles. The van der Waals surface area contributed by atoms with E-state index in [2.05, 4.69) is 10.6 Å². The first-order chi connectivity index (χ1) is 15.6. The quantitative estimate of drug-likeness (QED) is 0.493. The van der Waals surface area contributed by atoms with Gasteiger partial charge in [-0.05, 0) is 42.3 Å². The van der Waals surface area contributed by atoms with Crippen molar-refractivity contribution < 1.29 is 18.0 Å². The number of sulfone groups is 1. The Hall–Kier alpha value is -3.16. The van der Waals surface area contributed by atoms with Crippen LogP contribution in [0.2, 0.25) is 5.02 Å². The fourth-order valence-corrected chi connectivity index (χ4v) is 4.24. The molecule has 0 saturated carbocycles.